The first-order valence-electron chi connectivity index (χ1n) is 7.96. The van der Waals surface area contributed by atoms with E-state index in [9.17, 15) is 9.59 Å². The van der Waals surface area contributed by atoms with Crippen LogP contribution in [0.1, 0.15) is 16.2 Å². The number of anilines is 1. The van der Waals surface area contributed by atoms with Crippen LogP contribution in [0, 0.1) is 0 Å². The van der Waals surface area contributed by atoms with E-state index in [0.717, 1.165) is 24.5 Å². The zero-order valence-corrected chi connectivity index (χ0v) is 13.7. The van der Waals surface area contributed by atoms with Crippen LogP contribution in [-0.4, -0.2) is 34.0 Å². The number of carbonyl (C=O) groups is 1. The number of benzene rings is 1. The van der Waals surface area contributed by atoms with Gasteiger partial charge in [-0.15, -0.1) is 0 Å². The number of rotatable bonds is 4. The van der Waals surface area contributed by atoms with Crippen LogP contribution >= 0.6 is 0 Å². The van der Waals surface area contributed by atoms with Crippen molar-refractivity contribution in [3.63, 3.8) is 0 Å². The summed E-state index contributed by atoms with van der Waals surface area (Å²) >= 11 is 0. The Hall–Kier alpha value is -3.22. The molecule has 3 heterocycles. The molecule has 1 aromatic rings. The average Bonchev–Trinajstić information content (AvgIpc) is 3.12. The summed E-state index contributed by atoms with van der Waals surface area (Å²) < 4.78 is 7.24. The van der Waals surface area contributed by atoms with E-state index >= 15 is 0 Å². The minimum Gasteiger partial charge on any atom is -0.491 e. The maximum atomic E-state index is 12.6. The number of nitrogens with zero attached hydrogens (tertiary/aromatic N) is 3. The van der Waals surface area contributed by atoms with Crippen LogP contribution in [0.4, 0.5) is 5.82 Å². The number of pyridine rings is 1. The molecule has 4 rings (SSSR count). The summed E-state index contributed by atoms with van der Waals surface area (Å²) in [6.07, 6.45) is 3.30. The fourth-order valence-electron chi connectivity index (χ4n) is 3.14. The standard InChI is InChI=1S/C18H16N4O3/c1-25-17-13(23)5-4-12-16(17)21-15(22-8-7-20-18(12)22)9-14(24)11-3-2-6-19-10-11/h2-6,10,20H,7-9H2,1H3. The Balaban J connectivity index is 1.85. The van der Waals surface area contributed by atoms with E-state index in [1.807, 2.05) is 4.57 Å². The second-order valence-corrected chi connectivity index (χ2v) is 5.79. The number of Topliss-reactive ketones (excluding diaryl/α,β-unsaturated/α-hetero) is 1. The highest BCUT2D eigenvalue weighted by atomic mass is 16.5. The number of ketones is 1. The van der Waals surface area contributed by atoms with Gasteiger partial charge in [0.15, 0.2) is 11.5 Å². The summed E-state index contributed by atoms with van der Waals surface area (Å²) in [5, 5.41) is 3.31. The molecule has 0 saturated heterocycles. The number of fused-ring (bicyclic) bond motifs is 3. The van der Waals surface area contributed by atoms with Gasteiger partial charge in [-0.1, -0.05) is 0 Å². The molecule has 25 heavy (non-hydrogen) atoms. The van der Waals surface area contributed by atoms with Crippen molar-refractivity contribution in [1.29, 1.82) is 0 Å². The maximum Gasteiger partial charge on any atom is 0.222 e. The van der Waals surface area contributed by atoms with Crippen LogP contribution in [0.15, 0.2) is 41.5 Å². The van der Waals surface area contributed by atoms with E-state index in [1.165, 1.54) is 13.2 Å². The zero-order chi connectivity index (χ0) is 17.4. The number of ether oxygens (including phenoxy) is 1. The summed E-state index contributed by atoms with van der Waals surface area (Å²) in [6.45, 7) is 1.46. The van der Waals surface area contributed by atoms with Crippen molar-refractivity contribution >= 4 is 11.6 Å². The van der Waals surface area contributed by atoms with Gasteiger partial charge in [-0.05, 0) is 24.3 Å². The first-order chi connectivity index (χ1) is 12.2. The summed E-state index contributed by atoms with van der Waals surface area (Å²) in [5.74, 6) is 1.59. The molecule has 2 aliphatic heterocycles. The molecule has 0 amide bonds. The first kappa shape index (κ1) is 15.3. The van der Waals surface area contributed by atoms with Crippen molar-refractivity contribution in [1.82, 2.24) is 14.5 Å². The quantitative estimate of drug-likeness (QED) is 0.729. The van der Waals surface area contributed by atoms with Gasteiger partial charge < -0.3 is 14.6 Å². The van der Waals surface area contributed by atoms with Gasteiger partial charge >= 0.3 is 0 Å². The monoisotopic (exact) mass is 336 g/mol. The van der Waals surface area contributed by atoms with Crippen molar-refractivity contribution < 1.29 is 9.53 Å². The third-order valence-electron chi connectivity index (χ3n) is 4.31. The topological polar surface area (TPSA) is 86.1 Å². The Kier molecular flexibility index (Phi) is 3.68. The smallest absolute Gasteiger partial charge is 0.222 e. The van der Waals surface area contributed by atoms with E-state index in [4.69, 9.17) is 4.74 Å². The molecule has 0 fully saturated rings. The molecule has 0 saturated carbocycles. The number of hydrogen-bond donors (Lipinski definition) is 1. The number of aromatic nitrogens is 3. The molecule has 0 atom stereocenters. The van der Waals surface area contributed by atoms with Gasteiger partial charge in [-0.2, -0.15) is 0 Å². The van der Waals surface area contributed by atoms with Crippen LogP contribution in [0.3, 0.4) is 0 Å². The molecule has 126 valence electrons. The third kappa shape index (κ3) is 2.53. The highest BCUT2D eigenvalue weighted by Crippen LogP contribution is 2.35. The summed E-state index contributed by atoms with van der Waals surface area (Å²) in [4.78, 5) is 33.2. The van der Waals surface area contributed by atoms with Crippen LogP contribution in [0.2, 0.25) is 0 Å². The lowest BCUT2D eigenvalue weighted by Gasteiger charge is -2.18. The second kappa shape index (κ2) is 6.01. The molecule has 0 bridgehead atoms. The summed E-state index contributed by atoms with van der Waals surface area (Å²) in [6, 6.07) is 6.68. The Morgan fingerprint density at radius 3 is 3.00 bits per heavy atom. The van der Waals surface area contributed by atoms with Crippen LogP contribution in [0.25, 0.3) is 11.3 Å². The molecule has 0 radical (unpaired) electrons. The Labute approximate surface area is 143 Å². The molecule has 1 aromatic heterocycles. The van der Waals surface area contributed by atoms with E-state index in [1.54, 1.807) is 30.6 Å². The van der Waals surface area contributed by atoms with Gasteiger partial charge in [-0.25, -0.2) is 4.98 Å². The Bertz CT molecular complexity index is 982. The van der Waals surface area contributed by atoms with Gasteiger partial charge in [0, 0.05) is 36.6 Å². The molecule has 0 spiro atoms. The van der Waals surface area contributed by atoms with Gasteiger partial charge in [0.2, 0.25) is 5.43 Å². The van der Waals surface area contributed by atoms with Gasteiger partial charge in [-0.3, -0.25) is 14.6 Å². The Morgan fingerprint density at radius 2 is 2.24 bits per heavy atom. The number of nitrogens with one attached hydrogen (secondary N) is 1. The minimum atomic E-state index is -0.227. The fourth-order valence-corrected chi connectivity index (χ4v) is 3.14. The largest absolute Gasteiger partial charge is 0.491 e. The maximum absolute atomic E-state index is 12.6. The van der Waals surface area contributed by atoms with Crippen molar-refractivity contribution in [2.45, 2.75) is 13.0 Å². The van der Waals surface area contributed by atoms with Crippen molar-refractivity contribution in [3.05, 3.63) is 58.3 Å². The fraction of sp³-hybridized carbons (Fsp3) is 0.222. The lowest BCUT2D eigenvalue weighted by Crippen LogP contribution is -2.17. The zero-order valence-electron chi connectivity index (χ0n) is 13.7. The lowest BCUT2D eigenvalue weighted by atomic mass is 10.1. The molecule has 0 unspecified atom stereocenters. The predicted octanol–water partition coefficient (Wildman–Crippen LogP) is 1.60. The van der Waals surface area contributed by atoms with E-state index in [2.05, 4.69) is 15.3 Å². The second-order valence-electron chi connectivity index (χ2n) is 5.79. The SMILES string of the molecule is COc1c2nc(CC(=O)c3cccnc3)n3c(c-2ccc1=O)NCC3. The summed E-state index contributed by atoms with van der Waals surface area (Å²) in [5.41, 5.74) is 1.60. The number of methoxy groups -OCH3 is 1. The summed E-state index contributed by atoms with van der Waals surface area (Å²) in [7, 11) is 1.45. The number of carbonyl (C=O) groups excluding carboxylic acids is 1. The lowest BCUT2D eigenvalue weighted by molar-refractivity contribution is 0.0989. The average molecular weight is 336 g/mol. The molecular formula is C18H16N4O3. The normalized spacial score (nSPS) is 12.7. The highest BCUT2D eigenvalue weighted by Gasteiger charge is 2.26. The van der Waals surface area contributed by atoms with Crippen LogP contribution < -0.4 is 15.5 Å². The third-order valence-corrected chi connectivity index (χ3v) is 4.31. The molecule has 7 heteroatoms. The first-order valence-corrected chi connectivity index (χ1v) is 7.96. The van der Waals surface area contributed by atoms with E-state index in [0.29, 0.717) is 17.1 Å². The highest BCUT2D eigenvalue weighted by molar-refractivity contribution is 5.97. The molecule has 0 aromatic carbocycles. The van der Waals surface area contributed by atoms with Crippen LogP contribution in [-0.2, 0) is 13.0 Å². The molecule has 1 N–H and O–H groups in total. The number of hydrogen-bond acceptors (Lipinski definition) is 6. The van der Waals surface area contributed by atoms with Gasteiger partial charge in [0.1, 0.15) is 17.3 Å². The van der Waals surface area contributed by atoms with Crippen molar-refractivity contribution in [2.75, 3.05) is 19.0 Å². The minimum absolute atomic E-state index is 0.0706. The van der Waals surface area contributed by atoms with Gasteiger partial charge in [0.25, 0.3) is 0 Å². The van der Waals surface area contributed by atoms with E-state index < -0.39 is 0 Å². The van der Waals surface area contributed by atoms with Crippen molar-refractivity contribution in [2.24, 2.45) is 0 Å². The van der Waals surface area contributed by atoms with E-state index in [-0.39, 0.29) is 23.4 Å². The van der Waals surface area contributed by atoms with Crippen molar-refractivity contribution in [3.8, 4) is 17.0 Å². The predicted molar refractivity (Wildman–Crippen MR) is 92.4 cm³/mol. The molecule has 7 nitrogen and oxygen atoms in total. The Morgan fingerprint density at radius 1 is 1.36 bits per heavy atom. The van der Waals surface area contributed by atoms with Crippen LogP contribution in [0.5, 0.6) is 5.75 Å². The molecular weight excluding hydrogens is 320 g/mol. The van der Waals surface area contributed by atoms with Gasteiger partial charge in [0.05, 0.1) is 13.5 Å². The molecule has 1 aliphatic carbocycles. The molecule has 3 aliphatic rings.